The van der Waals surface area contributed by atoms with Crippen LogP contribution >= 0.6 is 0 Å². The van der Waals surface area contributed by atoms with E-state index in [0.29, 0.717) is 50.7 Å². The molecule has 4 aliphatic rings. The first-order chi connectivity index (χ1) is 20.0. The van der Waals surface area contributed by atoms with Crippen LogP contribution in [-0.2, 0) is 29.9 Å². The van der Waals surface area contributed by atoms with E-state index in [0.717, 1.165) is 19.3 Å². The molecule has 0 saturated heterocycles. The van der Waals surface area contributed by atoms with E-state index in [9.17, 15) is 9.59 Å². The van der Waals surface area contributed by atoms with Crippen molar-refractivity contribution in [2.45, 2.75) is 81.5 Å². The molecule has 4 nitrogen and oxygen atoms in total. The van der Waals surface area contributed by atoms with Gasteiger partial charge in [0.15, 0.2) is 0 Å². The Kier molecular flexibility index (Phi) is 7.59. The highest BCUT2D eigenvalue weighted by Gasteiger charge is 2.56. The maximum Gasteiger partial charge on any atom is 0.305 e. The van der Waals surface area contributed by atoms with E-state index in [4.69, 9.17) is 9.47 Å². The number of carbonyl (C=O) groups excluding carboxylic acids is 2. The molecule has 4 aliphatic carbocycles. The Morgan fingerprint density at radius 2 is 1.15 bits per heavy atom. The van der Waals surface area contributed by atoms with Crippen molar-refractivity contribution in [2.75, 3.05) is 13.2 Å². The zero-order chi connectivity index (χ0) is 28.5. The Morgan fingerprint density at radius 1 is 0.707 bits per heavy atom. The highest BCUT2D eigenvalue weighted by Crippen LogP contribution is 2.65. The van der Waals surface area contributed by atoms with Crippen LogP contribution in [0.25, 0.3) is 0 Å². The normalized spacial score (nSPS) is 26.8. The molecule has 0 aromatic heterocycles. The Bertz CT molecular complexity index is 1350. The van der Waals surface area contributed by atoms with Crippen LogP contribution in [0.15, 0.2) is 96.1 Å². The van der Waals surface area contributed by atoms with E-state index >= 15 is 0 Å². The van der Waals surface area contributed by atoms with E-state index in [1.165, 1.54) is 33.4 Å². The van der Waals surface area contributed by atoms with E-state index in [1.54, 1.807) is 0 Å². The van der Waals surface area contributed by atoms with Gasteiger partial charge in [0.05, 0.1) is 13.2 Å². The standard InChI is InChI=1S/C37H40O4/c1-3-40-34(38)21-23-36(30-17-9-5-13-26(30)27-14-6-10-18-31(27)36)25-37(24-22-35(39)41-4-2)32-19-11-7-15-28(32)29-16-8-12-20-33(29)37/h5-13,15,17-20,27,29H,3-4,14,16,21-25H2,1-2H3. The van der Waals surface area contributed by atoms with Gasteiger partial charge in [0.25, 0.3) is 0 Å². The number of allylic oxidation sites excluding steroid dienone is 8. The molecule has 0 saturated carbocycles. The van der Waals surface area contributed by atoms with Crippen molar-refractivity contribution in [3.8, 4) is 0 Å². The summed E-state index contributed by atoms with van der Waals surface area (Å²) < 4.78 is 10.9. The van der Waals surface area contributed by atoms with Gasteiger partial charge in [-0.25, -0.2) is 0 Å². The first-order valence-corrected chi connectivity index (χ1v) is 15.3. The second kappa shape index (κ2) is 11.3. The number of rotatable bonds is 10. The number of carbonyl (C=O) groups is 2. The predicted octanol–water partition coefficient (Wildman–Crippen LogP) is 7.91. The lowest BCUT2D eigenvalue weighted by molar-refractivity contribution is -0.144. The van der Waals surface area contributed by atoms with E-state index < -0.39 is 0 Å². The average molecular weight is 549 g/mol. The van der Waals surface area contributed by atoms with Gasteiger partial charge in [0, 0.05) is 35.5 Å². The molecule has 0 amide bonds. The Morgan fingerprint density at radius 3 is 1.59 bits per heavy atom. The van der Waals surface area contributed by atoms with E-state index in [2.05, 4.69) is 85.0 Å². The van der Waals surface area contributed by atoms with Gasteiger partial charge in [-0.15, -0.1) is 0 Å². The Labute approximate surface area is 243 Å². The minimum absolute atomic E-state index is 0.148. The molecule has 0 aliphatic heterocycles. The summed E-state index contributed by atoms with van der Waals surface area (Å²) >= 11 is 0. The van der Waals surface area contributed by atoms with Crippen molar-refractivity contribution >= 4 is 11.9 Å². The second-order valence-electron chi connectivity index (χ2n) is 11.8. The number of hydrogen-bond acceptors (Lipinski definition) is 4. The monoisotopic (exact) mass is 548 g/mol. The molecular formula is C37H40O4. The van der Waals surface area contributed by atoms with E-state index in [-0.39, 0.29) is 22.8 Å². The molecule has 0 radical (unpaired) electrons. The molecule has 4 heteroatoms. The lowest BCUT2D eigenvalue weighted by Gasteiger charge is -2.44. The number of hydrogen-bond donors (Lipinski definition) is 0. The summed E-state index contributed by atoms with van der Waals surface area (Å²) in [5.74, 6) is 0.302. The van der Waals surface area contributed by atoms with Crippen LogP contribution in [0.4, 0.5) is 0 Å². The lowest BCUT2D eigenvalue weighted by Crippen LogP contribution is -2.39. The minimum atomic E-state index is -0.364. The fourth-order valence-corrected chi connectivity index (χ4v) is 8.36. The summed E-state index contributed by atoms with van der Waals surface area (Å²) in [6.07, 6.45) is 18.3. The summed E-state index contributed by atoms with van der Waals surface area (Å²) in [6.45, 7) is 4.50. The van der Waals surface area contributed by atoms with E-state index in [1.807, 2.05) is 13.8 Å². The van der Waals surface area contributed by atoms with Gasteiger partial charge < -0.3 is 9.47 Å². The predicted molar refractivity (Wildman–Crippen MR) is 162 cm³/mol. The van der Waals surface area contributed by atoms with Crippen LogP contribution in [0, 0.1) is 0 Å². The van der Waals surface area contributed by atoms with Crippen LogP contribution in [-0.4, -0.2) is 25.2 Å². The first kappa shape index (κ1) is 27.5. The number of ether oxygens (including phenoxy) is 2. The molecule has 41 heavy (non-hydrogen) atoms. The van der Waals surface area contributed by atoms with Crippen molar-refractivity contribution < 1.29 is 19.1 Å². The minimum Gasteiger partial charge on any atom is -0.466 e. The third-order valence-electron chi connectivity index (χ3n) is 9.85. The quantitative estimate of drug-likeness (QED) is 0.283. The van der Waals surface area contributed by atoms with Crippen molar-refractivity contribution in [3.63, 3.8) is 0 Å². The zero-order valence-electron chi connectivity index (χ0n) is 24.2. The first-order valence-electron chi connectivity index (χ1n) is 15.3. The second-order valence-corrected chi connectivity index (χ2v) is 11.8. The molecule has 0 bridgehead atoms. The fraction of sp³-hybridized carbons (Fsp3) is 0.405. The maximum atomic E-state index is 12.9. The highest BCUT2D eigenvalue weighted by molar-refractivity contribution is 5.72. The molecule has 212 valence electrons. The number of esters is 2. The van der Waals surface area contributed by atoms with Crippen molar-refractivity contribution in [3.05, 3.63) is 118 Å². The third-order valence-corrected chi connectivity index (χ3v) is 9.85. The molecule has 0 N–H and O–H groups in total. The molecule has 0 fully saturated rings. The molecule has 0 spiro atoms. The van der Waals surface area contributed by atoms with Crippen molar-refractivity contribution in [1.82, 2.24) is 0 Å². The molecule has 6 rings (SSSR count). The number of fused-ring (bicyclic) bond motifs is 6. The van der Waals surface area contributed by atoms with Gasteiger partial charge in [-0.1, -0.05) is 96.1 Å². The average Bonchev–Trinajstić information content (AvgIpc) is 3.44. The molecular weight excluding hydrogens is 508 g/mol. The van der Waals surface area contributed by atoms with Crippen molar-refractivity contribution in [2.24, 2.45) is 0 Å². The highest BCUT2D eigenvalue weighted by atomic mass is 16.5. The Balaban J connectivity index is 1.55. The SMILES string of the molecule is CCOC(=O)CCC1(CC2(CCC(=O)OCC)C3=CC=CCC3c3ccccc32)C2=CC=CCC2c2ccccc21. The third kappa shape index (κ3) is 4.62. The van der Waals surface area contributed by atoms with Gasteiger partial charge in [0.1, 0.15) is 0 Å². The lowest BCUT2D eigenvalue weighted by atomic mass is 9.58. The van der Waals surface area contributed by atoms with Gasteiger partial charge in [-0.2, -0.15) is 0 Å². The topological polar surface area (TPSA) is 52.6 Å². The molecule has 4 atom stereocenters. The van der Waals surface area contributed by atoms with Crippen LogP contribution in [0.1, 0.15) is 92.9 Å². The molecule has 2 aromatic carbocycles. The van der Waals surface area contributed by atoms with Crippen LogP contribution in [0.2, 0.25) is 0 Å². The van der Waals surface area contributed by atoms with Crippen LogP contribution in [0.5, 0.6) is 0 Å². The Hall–Kier alpha value is -3.66. The summed E-state index contributed by atoms with van der Waals surface area (Å²) in [5, 5.41) is 0. The van der Waals surface area contributed by atoms with Crippen LogP contribution in [0.3, 0.4) is 0 Å². The summed E-state index contributed by atoms with van der Waals surface area (Å²) in [6, 6.07) is 17.7. The maximum absolute atomic E-state index is 12.9. The van der Waals surface area contributed by atoms with Gasteiger partial charge in [0.2, 0.25) is 0 Å². The largest absolute Gasteiger partial charge is 0.466 e. The molecule has 2 aromatic rings. The number of benzene rings is 2. The van der Waals surface area contributed by atoms with Gasteiger partial charge in [-0.3, -0.25) is 9.59 Å². The van der Waals surface area contributed by atoms with Crippen LogP contribution < -0.4 is 0 Å². The molecule has 4 unspecified atom stereocenters. The summed E-state index contributed by atoms with van der Waals surface area (Å²) in [7, 11) is 0. The van der Waals surface area contributed by atoms with Gasteiger partial charge in [-0.05, 0) is 68.2 Å². The summed E-state index contributed by atoms with van der Waals surface area (Å²) in [4.78, 5) is 25.8. The van der Waals surface area contributed by atoms with Crippen molar-refractivity contribution in [1.29, 1.82) is 0 Å². The summed E-state index contributed by atoms with van der Waals surface area (Å²) in [5.41, 5.74) is 7.46. The molecule has 0 heterocycles. The zero-order valence-corrected chi connectivity index (χ0v) is 24.2. The van der Waals surface area contributed by atoms with Gasteiger partial charge >= 0.3 is 11.9 Å². The smallest absolute Gasteiger partial charge is 0.305 e. The fourth-order valence-electron chi connectivity index (χ4n) is 8.36.